The average molecular weight is 368 g/mol. The molecule has 1 heterocycles. The van der Waals surface area contributed by atoms with Crippen molar-refractivity contribution < 1.29 is 19.4 Å². The molecule has 0 spiro atoms. The molecule has 4 aromatic rings. The van der Waals surface area contributed by atoms with Gasteiger partial charge in [0.2, 0.25) is 0 Å². The highest BCUT2D eigenvalue weighted by Crippen LogP contribution is 2.36. The van der Waals surface area contributed by atoms with E-state index >= 15 is 0 Å². The Morgan fingerprint density at radius 1 is 0.964 bits per heavy atom. The van der Waals surface area contributed by atoms with Crippen LogP contribution in [0.2, 0.25) is 0 Å². The van der Waals surface area contributed by atoms with Crippen molar-refractivity contribution in [2.24, 2.45) is 0 Å². The highest BCUT2D eigenvalue weighted by molar-refractivity contribution is 6.00. The van der Waals surface area contributed by atoms with Gasteiger partial charge in [-0.05, 0) is 30.7 Å². The van der Waals surface area contributed by atoms with E-state index in [0.29, 0.717) is 22.3 Å². The molecule has 0 bridgehead atoms. The topological polar surface area (TPSA) is 70.7 Å². The lowest BCUT2D eigenvalue weighted by Gasteiger charge is -1.99. The van der Waals surface area contributed by atoms with E-state index < -0.39 is 5.97 Å². The number of furan rings is 1. The Morgan fingerprint density at radius 3 is 2.46 bits per heavy atom. The van der Waals surface area contributed by atoms with Gasteiger partial charge >= 0.3 is 5.97 Å². The van der Waals surface area contributed by atoms with Gasteiger partial charge in [0.15, 0.2) is 5.76 Å². The van der Waals surface area contributed by atoms with Crippen LogP contribution in [-0.4, -0.2) is 16.2 Å². The molecule has 28 heavy (non-hydrogen) atoms. The average Bonchev–Trinajstić information content (AvgIpc) is 3.03. The van der Waals surface area contributed by atoms with Gasteiger partial charge in [-0.1, -0.05) is 54.3 Å². The predicted molar refractivity (Wildman–Crippen MR) is 107 cm³/mol. The van der Waals surface area contributed by atoms with Gasteiger partial charge in [0.1, 0.15) is 16.9 Å². The zero-order valence-corrected chi connectivity index (χ0v) is 15.1. The molecule has 4 rings (SSSR count). The Balaban J connectivity index is 1.98. The van der Waals surface area contributed by atoms with Crippen LogP contribution in [0.1, 0.15) is 27.0 Å². The van der Waals surface area contributed by atoms with Crippen LogP contribution >= 0.6 is 0 Å². The van der Waals surface area contributed by atoms with Gasteiger partial charge in [-0.25, -0.2) is 4.79 Å². The summed E-state index contributed by atoms with van der Waals surface area (Å²) in [6, 6.07) is 20.0. The predicted octanol–water partition coefficient (Wildman–Crippen LogP) is 5.21. The van der Waals surface area contributed by atoms with E-state index in [2.05, 4.69) is 11.8 Å². The Bertz CT molecular complexity index is 1250. The third-order valence-corrected chi connectivity index (χ3v) is 4.42. The summed E-state index contributed by atoms with van der Waals surface area (Å²) in [6.07, 6.45) is 0. The fraction of sp³-hybridized carbons (Fsp3) is 0.0417. The molecule has 0 saturated heterocycles. The third-order valence-electron chi connectivity index (χ3n) is 4.42. The zero-order valence-electron chi connectivity index (χ0n) is 15.1. The van der Waals surface area contributed by atoms with Crippen molar-refractivity contribution in [2.75, 3.05) is 0 Å². The van der Waals surface area contributed by atoms with Gasteiger partial charge in [-0.3, -0.25) is 0 Å². The summed E-state index contributed by atoms with van der Waals surface area (Å²) in [4.78, 5) is 11.4. The first-order valence-corrected chi connectivity index (χ1v) is 8.70. The van der Waals surface area contributed by atoms with Crippen LogP contribution < -0.4 is 0 Å². The maximum Gasteiger partial charge on any atom is 0.339 e. The second-order valence-electron chi connectivity index (χ2n) is 6.46. The second-order valence-corrected chi connectivity index (χ2v) is 6.46. The van der Waals surface area contributed by atoms with Crippen LogP contribution in [0.25, 0.3) is 22.3 Å². The number of carboxylic acid groups (broad SMARTS) is 1. The molecular formula is C24H16O4. The van der Waals surface area contributed by atoms with Crippen LogP contribution in [-0.2, 0) is 0 Å². The van der Waals surface area contributed by atoms with Crippen LogP contribution in [0.3, 0.4) is 0 Å². The second kappa shape index (κ2) is 6.98. The summed E-state index contributed by atoms with van der Waals surface area (Å²) < 4.78 is 5.96. The molecule has 4 heteroatoms. The summed E-state index contributed by atoms with van der Waals surface area (Å²) in [5.41, 5.74) is 3.56. The Kier molecular flexibility index (Phi) is 4.35. The van der Waals surface area contributed by atoms with Crippen LogP contribution in [0.5, 0.6) is 5.75 Å². The number of aromatic carboxylic acids is 1. The molecule has 2 N–H and O–H groups in total. The van der Waals surface area contributed by atoms with Gasteiger partial charge in [-0.15, -0.1) is 0 Å². The molecule has 0 atom stereocenters. The van der Waals surface area contributed by atoms with Gasteiger partial charge in [0.05, 0.1) is 5.56 Å². The number of aryl methyl sites for hydroxylation is 1. The van der Waals surface area contributed by atoms with Crippen LogP contribution in [0, 0.1) is 18.8 Å². The van der Waals surface area contributed by atoms with Gasteiger partial charge in [0.25, 0.3) is 0 Å². The molecule has 4 nitrogen and oxygen atoms in total. The minimum absolute atomic E-state index is 0.188. The lowest BCUT2D eigenvalue weighted by molar-refractivity contribution is 0.0694. The van der Waals surface area contributed by atoms with Gasteiger partial charge in [0, 0.05) is 22.6 Å². The lowest BCUT2D eigenvalue weighted by Crippen LogP contribution is -1.96. The minimum Gasteiger partial charge on any atom is -0.507 e. The normalized spacial score (nSPS) is 10.5. The summed E-state index contributed by atoms with van der Waals surface area (Å²) in [5, 5.41) is 19.9. The molecule has 0 radical (unpaired) electrons. The Labute approximate surface area is 161 Å². The van der Waals surface area contributed by atoms with Crippen molar-refractivity contribution in [1.82, 2.24) is 0 Å². The highest BCUT2D eigenvalue weighted by atomic mass is 16.4. The fourth-order valence-corrected chi connectivity index (χ4v) is 3.08. The van der Waals surface area contributed by atoms with E-state index in [-0.39, 0.29) is 11.3 Å². The van der Waals surface area contributed by atoms with Crippen molar-refractivity contribution in [3.05, 3.63) is 89.0 Å². The van der Waals surface area contributed by atoms with Crippen molar-refractivity contribution in [2.45, 2.75) is 6.92 Å². The summed E-state index contributed by atoms with van der Waals surface area (Å²) in [5.74, 6) is 5.27. The third kappa shape index (κ3) is 3.22. The fourth-order valence-electron chi connectivity index (χ4n) is 3.08. The zero-order chi connectivity index (χ0) is 19.7. The first-order chi connectivity index (χ1) is 13.5. The molecule has 0 saturated carbocycles. The minimum atomic E-state index is -1.21. The molecule has 0 aliphatic rings. The highest BCUT2D eigenvalue weighted by Gasteiger charge is 2.19. The number of fused-ring (bicyclic) bond motifs is 1. The van der Waals surface area contributed by atoms with Gasteiger partial charge < -0.3 is 14.6 Å². The summed E-state index contributed by atoms with van der Waals surface area (Å²) >= 11 is 0. The number of carboxylic acids is 1. The number of rotatable bonds is 2. The van der Waals surface area contributed by atoms with Crippen molar-refractivity contribution in [3.63, 3.8) is 0 Å². The molecule has 0 aliphatic heterocycles. The van der Waals surface area contributed by atoms with Crippen LogP contribution in [0.4, 0.5) is 0 Å². The maximum atomic E-state index is 11.4. The van der Waals surface area contributed by atoms with Crippen molar-refractivity contribution in [1.29, 1.82) is 0 Å². The smallest absolute Gasteiger partial charge is 0.339 e. The largest absolute Gasteiger partial charge is 0.507 e. The summed E-state index contributed by atoms with van der Waals surface area (Å²) in [7, 11) is 0. The number of aromatic hydroxyl groups is 1. The molecular weight excluding hydrogens is 352 g/mol. The molecule has 0 fully saturated rings. The molecule has 0 aliphatic carbocycles. The summed E-state index contributed by atoms with van der Waals surface area (Å²) in [6.45, 7) is 2.00. The van der Waals surface area contributed by atoms with Crippen molar-refractivity contribution >= 4 is 16.9 Å². The van der Waals surface area contributed by atoms with E-state index in [1.165, 1.54) is 12.1 Å². The van der Waals surface area contributed by atoms with Crippen molar-refractivity contribution in [3.8, 4) is 28.9 Å². The number of hydrogen-bond donors (Lipinski definition) is 2. The lowest BCUT2D eigenvalue weighted by atomic mass is 10.0. The van der Waals surface area contributed by atoms with E-state index in [4.69, 9.17) is 4.42 Å². The number of carbonyl (C=O) groups is 1. The monoisotopic (exact) mass is 368 g/mol. The van der Waals surface area contributed by atoms with E-state index in [9.17, 15) is 15.0 Å². The molecule has 1 aromatic heterocycles. The Morgan fingerprint density at radius 2 is 1.75 bits per heavy atom. The quantitative estimate of drug-likeness (QED) is 0.476. The van der Waals surface area contributed by atoms with E-state index in [0.717, 1.165) is 16.7 Å². The van der Waals surface area contributed by atoms with E-state index in [1.54, 1.807) is 0 Å². The SMILES string of the molecule is Cc1cccc(C#Cc2c(-c3ccccc3)oc3cc(O)c(C(=O)O)cc23)c1. The standard InChI is InChI=1S/C24H16O4/c1-15-6-5-7-16(12-15)10-11-18-19-13-20(24(26)27)21(25)14-22(19)28-23(18)17-8-3-2-4-9-17/h2-9,12-14,25H,1H3,(H,26,27). The van der Waals surface area contributed by atoms with Crippen LogP contribution in [0.15, 0.2) is 71.1 Å². The molecule has 136 valence electrons. The molecule has 0 amide bonds. The molecule has 0 unspecified atom stereocenters. The number of hydrogen-bond acceptors (Lipinski definition) is 3. The maximum absolute atomic E-state index is 11.4. The first-order valence-electron chi connectivity index (χ1n) is 8.70. The Hall–Kier alpha value is -3.97. The van der Waals surface area contributed by atoms with E-state index in [1.807, 2.05) is 61.5 Å². The molecule has 3 aromatic carbocycles. The number of benzene rings is 3. The van der Waals surface area contributed by atoms with Gasteiger partial charge in [-0.2, -0.15) is 0 Å². The first kappa shape index (κ1) is 17.4. The number of phenols is 1.